The zero-order valence-electron chi connectivity index (χ0n) is 17.2. The first-order valence-corrected chi connectivity index (χ1v) is 9.66. The van der Waals surface area contributed by atoms with E-state index in [4.69, 9.17) is 4.74 Å². The van der Waals surface area contributed by atoms with Gasteiger partial charge in [0.05, 0.1) is 12.2 Å². The fourth-order valence-electron chi connectivity index (χ4n) is 3.32. The van der Waals surface area contributed by atoms with Gasteiger partial charge in [-0.15, -0.1) is 0 Å². The highest BCUT2D eigenvalue weighted by molar-refractivity contribution is 6.06. The Bertz CT molecular complexity index is 1070. The predicted molar refractivity (Wildman–Crippen MR) is 116 cm³/mol. The van der Waals surface area contributed by atoms with Crippen LogP contribution in [-0.4, -0.2) is 22.9 Å². The molecule has 4 nitrogen and oxygen atoms in total. The SMILES string of the molecule is CCOC(=O)c1cccc(-n2c(C)cc(/C=C/C(=O)c3ccc(C)cc3)c2C)c1. The number of aromatic nitrogens is 1. The number of carbonyl (C=O) groups is 2. The van der Waals surface area contributed by atoms with Gasteiger partial charge in [-0.05, 0) is 69.7 Å². The van der Waals surface area contributed by atoms with E-state index in [9.17, 15) is 9.59 Å². The van der Waals surface area contributed by atoms with Gasteiger partial charge in [-0.2, -0.15) is 0 Å². The topological polar surface area (TPSA) is 48.3 Å². The van der Waals surface area contributed by atoms with Gasteiger partial charge in [0, 0.05) is 22.6 Å². The highest BCUT2D eigenvalue weighted by atomic mass is 16.5. The molecule has 0 saturated heterocycles. The largest absolute Gasteiger partial charge is 0.462 e. The van der Waals surface area contributed by atoms with Crippen molar-refractivity contribution in [1.29, 1.82) is 0 Å². The molecule has 0 atom stereocenters. The third kappa shape index (κ3) is 4.54. The summed E-state index contributed by atoms with van der Waals surface area (Å²) in [5, 5.41) is 0. The maximum atomic E-state index is 12.4. The molecule has 148 valence electrons. The lowest BCUT2D eigenvalue weighted by atomic mass is 10.1. The van der Waals surface area contributed by atoms with E-state index in [0.717, 1.165) is 28.2 Å². The van der Waals surface area contributed by atoms with Crippen LogP contribution in [0.1, 0.15) is 50.2 Å². The molecule has 0 unspecified atom stereocenters. The summed E-state index contributed by atoms with van der Waals surface area (Å²) >= 11 is 0. The Morgan fingerprint density at radius 1 is 0.966 bits per heavy atom. The van der Waals surface area contributed by atoms with Crippen molar-refractivity contribution < 1.29 is 14.3 Å². The molecule has 0 bridgehead atoms. The average molecular weight is 387 g/mol. The zero-order chi connectivity index (χ0) is 21.0. The number of carbonyl (C=O) groups excluding carboxylic acids is 2. The van der Waals surface area contributed by atoms with Gasteiger partial charge in [0.15, 0.2) is 5.78 Å². The second-order valence-electron chi connectivity index (χ2n) is 7.00. The van der Waals surface area contributed by atoms with E-state index in [1.54, 1.807) is 19.1 Å². The maximum absolute atomic E-state index is 12.4. The highest BCUT2D eigenvalue weighted by Crippen LogP contribution is 2.23. The number of ether oxygens (including phenoxy) is 1. The molecule has 0 amide bonds. The minimum absolute atomic E-state index is 0.0286. The van der Waals surface area contributed by atoms with E-state index < -0.39 is 0 Å². The summed E-state index contributed by atoms with van der Waals surface area (Å²) in [5.74, 6) is -0.361. The molecule has 29 heavy (non-hydrogen) atoms. The lowest BCUT2D eigenvalue weighted by Crippen LogP contribution is -2.06. The predicted octanol–water partition coefficient (Wildman–Crippen LogP) is 5.48. The molecule has 0 N–H and O–H groups in total. The van der Waals surface area contributed by atoms with Crippen molar-refractivity contribution in [3.8, 4) is 5.69 Å². The lowest BCUT2D eigenvalue weighted by Gasteiger charge is -2.11. The number of hydrogen-bond acceptors (Lipinski definition) is 3. The number of aryl methyl sites for hydroxylation is 2. The highest BCUT2D eigenvalue weighted by Gasteiger charge is 2.12. The minimum atomic E-state index is -0.333. The van der Waals surface area contributed by atoms with Crippen molar-refractivity contribution >= 4 is 17.8 Å². The van der Waals surface area contributed by atoms with Gasteiger partial charge in [-0.1, -0.05) is 35.9 Å². The summed E-state index contributed by atoms with van der Waals surface area (Å²) in [6.07, 6.45) is 3.45. The molecule has 0 fully saturated rings. The number of esters is 1. The van der Waals surface area contributed by atoms with Crippen LogP contribution >= 0.6 is 0 Å². The third-order valence-corrected chi connectivity index (χ3v) is 4.84. The van der Waals surface area contributed by atoms with Crippen LogP contribution in [0, 0.1) is 20.8 Å². The molecular weight excluding hydrogens is 362 g/mol. The van der Waals surface area contributed by atoms with E-state index in [-0.39, 0.29) is 11.8 Å². The summed E-state index contributed by atoms with van der Waals surface area (Å²) < 4.78 is 7.17. The molecule has 0 aliphatic rings. The molecule has 0 radical (unpaired) electrons. The van der Waals surface area contributed by atoms with Gasteiger partial charge in [0.1, 0.15) is 0 Å². The molecule has 3 rings (SSSR count). The van der Waals surface area contributed by atoms with Crippen molar-refractivity contribution in [3.05, 3.63) is 94.3 Å². The molecule has 0 aliphatic heterocycles. The molecule has 0 spiro atoms. The monoisotopic (exact) mass is 387 g/mol. The van der Waals surface area contributed by atoms with Crippen LogP contribution in [0.15, 0.2) is 60.7 Å². The van der Waals surface area contributed by atoms with Gasteiger partial charge in [-0.25, -0.2) is 4.79 Å². The molecule has 3 aromatic rings. The van der Waals surface area contributed by atoms with Crippen LogP contribution in [0.5, 0.6) is 0 Å². The Labute approximate surface area is 171 Å². The Morgan fingerprint density at radius 2 is 1.69 bits per heavy atom. The van der Waals surface area contributed by atoms with Crippen molar-refractivity contribution in [2.24, 2.45) is 0 Å². The maximum Gasteiger partial charge on any atom is 0.338 e. The van der Waals surface area contributed by atoms with Crippen LogP contribution in [0.25, 0.3) is 11.8 Å². The Balaban J connectivity index is 1.89. The van der Waals surface area contributed by atoms with Gasteiger partial charge < -0.3 is 9.30 Å². The Hall–Kier alpha value is -3.40. The molecule has 0 saturated carbocycles. The second-order valence-corrected chi connectivity index (χ2v) is 7.00. The van der Waals surface area contributed by atoms with E-state index in [0.29, 0.717) is 17.7 Å². The van der Waals surface area contributed by atoms with Gasteiger partial charge in [0.25, 0.3) is 0 Å². The molecule has 2 aromatic carbocycles. The van der Waals surface area contributed by atoms with E-state index in [2.05, 4.69) is 4.57 Å². The van der Waals surface area contributed by atoms with Crippen LogP contribution in [0.2, 0.25) is 0 Å². The summed E-state index contributed by atoms with van der Waals surface area (Å²) in [6.45, 7) is 8.13. The van der Waals surface area contributed by atoms with E-state index >= 15 is 0 Å². The number of nitrogens with zero attached hydrogens (tertiary/aromatic N) is 1. The quantitative estimate of drug-likeness (QED) is 0.320. The molecule has 4 heteroatoms. The second kappa shape index (κ2) is 8.74. The standard InChI is InChI=1S/C25H25NO3/c1-5-29-25(28)22-7-6-8-23(16-22)26-18(3)15-21(19(26)4)13-14-24(27)20-11-9-17(2)10-12-20/h6-16H,5H2,1-4H3/b14-13+. The van der Waals surface area contributed by atoms with Gasteiger partial charge in [0.2, 0.25) is 0 Å². The van der Waals surface area contributed by atoms with Gasteiger partial charge in [-0.3, -0.25) is 4.79 Å². The minimum Gasteiger partial charge on any atom is -0.462 e. The van der Waals surface area contributed by atoms with Crippen molar-refractivity contribution in [1.82, 2.24) is 4.57 Å². The number of rotatable bonds is 6. The molecule has 1 heterocycles. The first-order valence-electron chi connectivity index (χ1n) is 9.66. The van der Waals surface area contributed by atoms with Crippen molar-refractivity contribution in [3.63, 3.8) is 0 Å². The van der Waals surface area contributed by atoms with Crippen LogP contribution in [0.3, 0.4) is 0 Å². The smallest absolute Gasteiger partial charge is 0.338 e. The fraction of sp³-hybridized carbons (Fsp3) is 0.200. The van der Waals surface area contributed by atoms with E-state index in [1.807, 2.05) is 75.4 Å². The third-order valence-electron chi connectivity index (χ3n) is 4.84. The summed E-state index contributed by atoms with van der Waals surface area (Å²) in [7, 11) is 0. The normalized spacial score (nSPS) is 11.0. The summed E-state index contributed by atoms with van der Waals surface area (Å²) in [4.78, 5) is 24.5. The Kier molecular flexibility index (Phi) is 6.13. The van der Waals surface area contributed by atoms with E-state index in [1.165, 1.54) is 0 Å². The Morgan fingerprint density at radius 3 is 2.38 bits per heavy atom. The van der Waals surface area contributed by atoms with Crippen LogP contribution in [-0.2, 0) is 4.74 Å². The number of benzene rings is 2. The first-order chi connectivity index (χ1) is 13.9. The van der Waals surface area contributed by atoms with Crippen LogP contribution in [0.4, 0.5) is 0 Å². The lowest BCUT2D eigenvalue weighted by molar-refractivity contribution is 0.0526. The molecule has 0 aliphatic carbocycles. The number of allylic oxidation sites excluding steroid dienone is 1. The van der Waals surface area contributed by atoms with Gasteiger partial charge >= 0.3 is 5.97 Å². The first kappa shape index (κ1) is 20.3. The van der Waals surface area contributed by atoms with Crippen molar-refractivity contribution in [2.75, 3.05) is 6.61 Å². The summed E-state index contributed by atoms with van der Waals surface area (Å²) in [5.41, 5.74) is 6.17. The number of hydrogen-bond donors (Lipinski definition) is 0. The van der Waals surface area contributed by atoms with Crippen LogP contribution < -0.4 is 0 Å². The fourth-order valence-corrected chi connectivity index (χ4v) is 3.32. The molecular formula is C25H25NO3. The average Bonchev–Trinajstić information content (AvgIpc) is 3.00. The molecule has 1 aromatic heterocycles. The van der Waals surface area contributed by atoms with Crippen molar-refractivity contribution in [2.45, 2.75) is 27.7 Å². The number of ketones is 1. The summed E-state index contributed by atoms with van der Waals surface area (Å²) in [6, 6.07) is 16.9. The zero-order valence-corrected chi connectivity index (χ0v) is 17.2.